The van der Waals surface area contributed by atoms with Gasteiger partial charge in [-0.3, -0.25) is 9.59 Å². The molecule has 7 nitrogen and oxygen atoms in total. The molecule has 8 heteroatoms. The molecule has 2 aliphatic heterocycles. The van der Waals surface area contributed by atoms with Crippen LogP contribution in [0.2, 0.25) is 0 Å². The van der Waals surface area contributed by atoms with Crippen LogP contribution >= 0.6 is 15.9 Å². The summed E-state index contributed by atoms with van der Waals surface area (Å²) in [6, 6.07) is 12.7. The van der Waals surface area contributed by atoms with E-state index in [9.17, 15) is 9.59 Å². The molecule has 0 saturated carbocycles. The number of hydrogen-bond acceptors (Lipinski definition) is 5. The summed E-state index contributed by atoms with van der Waals surface area (Å²) in [6.07, 6.45) is 0.658. The lowest BCUT2D eigenvalue weighted by Gasteiger charge is -2.33. The van der Waals surface area contributed by atoms with Crippen LogP contribution in [0.1, 0.15) is 19.8 Å². The van der Waals surface area contributed by atoms with E-state index in [1.165, 1.54) is 0 Å². The predicted molar refractivity (Wildman–Crippen MR) is 115 cm³/mol. The van der Waals surface area contributed by atoms with Crippen LogP contribution in [-0.2, 0) is 9.59 Å². The summed E-state index contributed by atoms with van der Waals surface area (Å²) < 4.78 is 17.3. The number of likely N-dealkylation sites (tertiary alicyclic amines) is 1. The highest BCUT2D eigenvalue weighted by Gasteiger charge is 2.30. The number of halogens is 1. The van der Waals surface area contributed by atoms with Gasteiger partial charge in [0.2, 0.25) is 12.7 Å². The lowest BCUT2D eigenvalue weighted by Crippen LogP contribution is -2.46. The minimum atomic E-state index is -0.579. The third-order valence-electron chi connectivity index (χ3n) is 5.29. The van der Waals surface area contributed by atoms with Crippen molar-refractivity contribution in [2.24, 2.45) is 5.92 Å². The van der Waals surface area contributed by atoms with Crippen LogP contribution in [0.4, 0.5) is 5.69 Å². The van der Waals surface area contributed by atoms with Gasteiger partial charge in [0.15, 0.2) is 17.6 Å². The fourth-order valence-electron chi connectivity index (χ4n) is 3.61. The van der Waals surface area contributed by atoms with E-state index in [0.29, 0.717) is 48.9 Å². The summed E-state index contributed by atoms with van der Waals surface area (Å²) in [5.41, 5.74) is 0.680. The van der Waals surface area contributed by atoms with Gasteiger partial charge in [0.05, 0.1) is 0 Å². The van der Waals surface area contributed by atoms with Crippen molar-refractivity contribution < 1.29 is 23.8 Å². The highest BCUT2D eigenvalue weighted by atomic mass is 79.9. The zero-order valence-electron chi connectivity index (χ0n) is 16.6. The molecule has 2 aliphatic rings. The van der Waals surface area contributed by atoms with Gasteiger partial charge in [0.1, 0.15) is 5.75 Å². The maximum absolute atomic E-state index is 12.7. The van der Waals surface area contributed by atoms with Gasteiger partial charge in [-0.2, -0.15) is 0 Å². The maximum Gasteiger partial charge on any atom is 0.263 e. The van der Waals surface area contributed by atoms with Crippen LogP contribution in [0.15, 0.2) is 46.9 Å². The molecule has 1 atom stereocenters. The van der Waals surface area contributed by atoms with Gasteiger partial charge in [-0.05, 0) is 56.2 Å². The molecule has 158 valence electrons. The van der Waals surface area contributed by atoms with Crippen molar-refractivity contribution in [2.75, 3.05) is 25.2 Å². The molecule has 2 aromatic rings. The Balaban J connectivity index is 1.27. The van der Waals surface area contributed by atoms with Crippen molar-refractivity contribution in [2.45, 2.75) is 25.9 Å². The summed E-state index contributed by atoms with van der Waals surface area (Å²) >= 11 is 3.38. The number of rotatable bonds is 5. The van der Waals surface area contributed by atoms with E-state index in [1.807, 2.05) is 24.3 Å². The Hall–Kier alpha value is -2.74. The molecule has 0 radical (unpaired) electrons. The molecular formula is C22H23BrN2O5. The molecule has 1 saturated heterocycles. The third kappa shape index (κ3) is 4.70. The zero-order valence-corrected chi connectivity index (χ0v) is 18.2. The quantitative estimate of drug-likeness (QED) is 0.712. The molecule has 1 fully saturated rings. The van der Waals surface area contributed by atoms with E-state index in [2.05, 4.69) is 21.2 Å². The van der Waals surface area contributed by atoms with Gasteiger partial charge in [-0.25, -0.2) is 0 Å². The van der Waals surface area contributed by atoms with E-state index < -0.39 is 6.10 Å². The van der Waals surface area contributed by atoms with Gasteiger partial charge >= 0.3 is 0 Å². The summed E-state index contributed by atoms with van der Waals surface area (Å²) in [6.45, 7) is 3.02. The average Bonchev–Trinajstić information content (AvgIpc) is 3.23. The van der Waals surface area contributed by atoms with E-state index >= 15 is 0 Å². The number of amides is 2. The van der Waals surface area contributed by atoms with Crippen molar-refractivity contribution in [3.8, 4) is 17.2 Å². The normalized spacial score (nSPS) is 16.8. The first-order chi connectivity index (χ1) is 14.5. The number of ether oxygens (including phenoxy) is 3. The van der Waals surface area contributed by atoms with Crippen LogP contribution in [0.3, 0.4) is 0 Å². The molecule has 2 amide bonds. The van der Waals surface area contributed by atoms with Gasteiger partial charge in [0, 0.05) is 35.2 Å². The van der Waals surface area contributed by atoms with Gasteiger partial charge in [0.25, 0.3) is 5.91 Å². The van der Waals surface area contributed by atoms with Crippen LogP contribution < -0.4 is 19.5 Å². The number of piperidine rings is 1. The van der Waals surface area contributed by atoms with Crippen molar-refractivity contribution in [1.82, 2.24) is 4.90 Å². The molecule has 0 bridgehead atoms. The van der Waals surface area contributed by atoms with Gasteiger partial charge in [-0.1, -0.05) is 15.9 Å². The number of anilines is 1. The van der Waals surface area contributed by atoms with E-state index in [0.717, 1.165) is 4.47 Å². The lowest BCUT2D eigenvalue weighted by atomic mass is 9.95. The van der Waals surface area contributed by atoms with E-state index in [1.54, 1.807) is 30.0 Å². The number of carbonyl (C=O) groups is 2. The largest absolute Gasteiger partial charge is 0.481 e. The fourth-order valence-corrected chi connectivity index (χ4v) is 3.87. The Kier molecular flexibility index (Phi) is 6.13. The number of nitrogens with zero attached hydrogens (tertiary/aromatic N) is 1. The second kappa shape index (κ2) is 8.95. The van der Waals surface area contributed by atoms with Crippen LogP contribution in [0, 0.1) is 5.92 Å². The summed E-state index contributed by atoms with van der Waals surface area (Å²) in [4.78, 5) is 27.1. The summed E-state index contributed by atoms with van der Waals surface area (Å²) in [7, 11) is 0. The zero-order chi connectivity index (χ0) is 21.1. The van der Waals surface area contributed by atoms with Crippen molar-refractivity contribution >= 4 is 33.4 Å². The van der Waals surface area contributed by atoms with Crippen LogP contribution in [-0.4, -0.2) is 42.7 Å². The predicted octanol–water partition coefficient (Wildman–Crippen LogP) is 3.82. The van der Waals surface area contributed by atoms with Gasteiger partial charge < -0.3 is 24.4 Å². The number of carbonyl (C=O) groups excluding carboxylic acids is 2. The molecule has 2 heterocycles. The Morgan fingerprint density at radius 2 is 1.80 bits per heavy atom. The molecular weight excluding hydrogens is 452 g/mol. The molecule has 0 spiro atoms. The first-order valence-electron chi connectivity index (χ1n) is 9.91. The Morgan fingerprint density at radius 1 is 1.10 bits per heavy atom. The fraction of sp³-hybridized carbons (Fsp3) is 0.364. The number of benzene rings is 2. The number of hydrogen-bond donors (Lipinski definition) is 1. The van der Waals surface area contributed by atoms with Crippen LogP contribution in [0.5, 0.6) is 17.2 Å². The van der Waals surface area contributed by atoms with Crippen molar-refractivity contribution in [1.29, 1.82) is 0 Å². The topological polar surface area (TPSA) is 77.1 Å². The maximum atomic E-state index is 12.7. The highest BCUT2D eigenvalue weighted by molar-refractivity contribution is 9.10. The second-order valence-corrected chi connectivity index (χ2v) is 8.29. The highest BCUT2D eigenvalue weighted by Crippen LogP contribution is 2.34. The van der Waals surface area contributed by atoms with Gasteiger partial charge in [-0.15, -0.1) is 0 Å². The van der Waals surface area contributed by atoms with Crippen molar-refractivity contribution in [3.05, 3.63) is 46.9 Å². The number of fused-ring (bicyclic) bond motifs is 1. The lowest BCUT2D eigenvalue weighted by molar-refractivity contribution is -0.140. The molecule has 2 aromatic carbocycles. The van der Waals surface area contributed by atoms with E-state index in [-0.39, 0.29) is 24.5 Å². The Labute approximate surface area is 183 Å². The SMILES string of the molecule is C[C@@H](Oc1ccc(Br)cc1)C(=O)N1CCC(C(=O)Nc2ccc3c(c2)OCO3)CC1. The second-order valence-electron chi connectivity index (χ2n) is 7.37. The smallest absolute Gasteiger partial charge is 0.263 e. The van der Waals surface area contributed by atoms with Crippen LogP contribution in [0.25, 0.3) is 0 Å². The Morgan fingerprint density at radius 3 is 2.53 bits per heavy atom. The molecule has 1 N–H and O–H groups in total. The molecule has 4 rings (SSSR count). The van der Waals surface area contributed by atoms with Crippen molar-refractivity contribution in [3.63, 3.8) is 0 Å². The molecule has 30 heavy (non-hydrogen) atoms. The summed E-state index contributed by atoms with van der Waals surface area (Å²) in [5.74, 6) is 1.72. The Bertz CT molecular complexity index is 926. The minimum Gasteiger partial charge on any atom is -0.481 e. The summed E-state index contributed by atoms with van der Waals surface area (Å²) in [5, 5.41) is 2.94. The first-order valence-corrected chi connectivity index (χ1v) is 10.7. The third-order valence-corrected chi connectivity index (χ3v) is 5.82. The minimum absolute atomic E-state index is 0.0416. The van der Waals surface area contributed by atoms with E-state index in [4.69, 9.17) is 14.2 Å². The first kappa shape index (κ1) is 20.5. The standard InChI is InChI=1S/C22H23BrN2O5/c1-14(30-18-5-2-16(23)3-6-18)22(27)25-10-8-15(9-11-25)21(26)24-17-4-7-19-20(12-17)29-13-28-19/h2-7,12,14-15H,8-11,13H2,1H3,(H,24,26)/t14-/m1/s1. The average molecular weight is 475 g/mol. The molecule has 0 aromatic heterocycles. The monoisotopic (exact) mass is 474 g/mol. The number of nitrogens with one attached hydrogen (secondary N) is 1. The molecule has 0 unspecified atom stereocenters. The molecule has 0 aliphatic carbocycles.